The van der Waals surface area contributed by atoms with Gasteiger partial charge in [-0.05, 0) is 43.3 Å². The van der Waals surface area contributed by atoms with Gasteiger partial charge in [-0.3, -0.25) is 9.59 Å². The molecule has 136 valence electrons. The molecular weight excluding hydrogens is 332 g/mol. The molecule has 26 heavy (non-hydrogen) atoms. The van der Waals surface area contributed by atoms with Crippen molar-refractivity contribution < 1.29 is 19.1 Å². The van der Waals surface area contributed by atoms with Crippen molar-refractivity contribution in [2.24, 2.45) is 0 Å². The molecule has 0 unspecified atom stereocenters. The first-order chi connectivity index (χ1) is 12.6. The largest absolute Gasteiger partial charge is 0.497 e. The maximum absolute atomic E-state index is 12.9. The summed E-state index contributed by atoms with van der Waals surface area (Å²) in [4.78, 5) is 29.0. The first kappa shape index (κ1) is 17.8. The number of hydrogen-bond acceptors (Lipinski definition) is 4. The van der Waals surface area contributed by atoms with Crippen LogP contribution >= 0.6 is 0 Å². The predicted octanol–water partition coefficient (Wildman–Crippen LogP) is 2.58. The minimum Gasteiger partial charge on any atom is -0.497 e. The minimum absolute atomic E-state index is 0.123. The zero-order chi connectivity index (χ0) is 18.7. The van der Waals surface area contributed by atoms with Gasteiger partial charge in [-0.25, -0.2) is 0 Å². The molecule has 1 atom stereocenters. The molecule has 1 aliphatic heterocycles. The molecule has 0 saturated carbocycles. The van der Waals surface area contributed by atoms with Crippen LogP contribution in [-0.2, 0) is 4.79 Å². The Labute approximate surface area is 152 Å². The van der Waals surface area contributed by atoms with E-state index in [1.807, 2.05) is 24.3 Å². The number of rotatable bonds is 4. The van der Waals surface area contributed by atoms with Crippen LogP contribution in [0.5, 0.6) is 11.5 Å². The fourth-order valence-electron chi connectivity index (χ4n) is 3.14. The average molecular weight is 354 g/mol. The Kier molecular flexibility index (Phi) is 5.11. The third-order valence-corrected chi connectivity index (χ3v) is 4.63. The van der Waals surface area contributed by atoms with Crippen molar-refractivity contribution >= 4 is 17.5 Å². The molecular formula is C20H22N2O4. The summed E-state index contributed by atoms with van der Waals surface area (Å²) in [7, 11) is 3.16. The summed E-state index contributed by atoms with van der Waals surface area (Å²) in [5, 5.41) is 0. The Hall–Kier alpha value is -3.02. The molecule has 0 bridgehead atoms. The van der Waals surface area contributed by atoms with Crippen LogP contribution in [0.15, 0.2) is 48.5 Å². The van der Waals surface area contributed by atoms with E-state index in [1.165, 1.54) is 0 Å². The third-order valence-electron chi connectivity index (χ3n) is 4.63. The van der Waals surface area contributed by atoms with Crippen molar-refractivity contribution in [2.75, 3.05) is 32.2 Å². The Morgan fingerprint density at radius 1 is 1.00 bits per heavy atom. The second kappa shape index (κ2) is 7.47. The predicted molar refractivity (Wildman–Crippen MR) is 98.8 cm³/mol. The number of nitrogens with zero attached hydrogens (tertiary/aromatic N) is 2. The van der Waals surface area contributed by atoms with Crippen molar-refractivity contribution in [1.82, 2.24) is 4.90 Å². The fraction of sp³-hybridized carbons (Fsp3) is 0.300. The van der Waals surface area contributed by atoms with Crippen LogP contribution in [-0.4, -0.2) is 50.1 Å². The van der Waals surface area contributed by atoms with E-state index in [-0.39, 0.29) is 11.8 Å². The summed E-state index contributed by atoms with van der Waals surface area (Å²) in [6.45, 7) is 2.63. The fourth-order valence-corrected chi connectivity index (χ4v) is 3.14. The molecule has 0 aromatic heterocycles. The molecule has 0 radical (unpaired) electrons. The number of ether oxygens (including phenoxy) is 2. The zero-order valence-electron chi connectivity index (χ0n) is 15.1. The van der Waals surface area contributed by atoms with Crippen LogP contribution in [0.4, 0.5) is 5.69 Å². The van der Waals surface area contributed by atoms with Crippen molar-refractivity contribution in [3.63, 3.8) is 0 Å². The van der Waals surface area contributed by atoms with Gasteiger partial charge in [-0.15, -0.1) is 0 Å². The van der Waals surface area contributed by atoms with Crippen LogP contribution in [0.2, 0.25) is 0 Å². The second-order valence-corrected chi connectivity index (χ2v) is 6.06. The van der Waals surface area contributed by atoms with Gasteiger partial charge in [0.25, 0.3) is 5.91 Å². The lowest BCUT2D eigenvalue weighted by Gasteiger charge is -2.39. The topological polar surface area (TPSA) is 59.1 Å². The monoisotopic (exact) mass is 354 g/mol. The quantitative estimate of drug-likeness (QED) is 0.847. The zero-order valence-corrected chi connectivity index (χ0v) is 15.1. The smallest absolute Gasteiger partial charge is 0.254 e. The molecule has 0 aliphatic carbocycles. The van der Waals surface area contributed by atoms with Gasteiger partial charge < -0.3 is 19.3 Å². The molecule has 3 rings (SSSR count). The van der Waals surface area contributed by atoms with Gasteiger partial charge in [-0.2, -0.15) is 0 Å². The van der Waals surface area contributed by atoms with E-state index in [2.05, 4.69) is 0 Å². The van der Waals surface area contributed by atoms with Gasteiger partial charge in [0.1, 0.15) is 17.5 Å². The van der Waals surface area contributed by atoms with Crippen LogP contribution in [0.1, 0.15) is 17.3 Å². The first-order valence-corrected chi connectivity index (χ1v) is 8.46. The Balaban J connectivity index is 1.80. The minimum atomic E-state index is -0.553. The number of carbonyl (C=O) groups excluding carboxylic acids is 2. The SMILES string of the molecule is COc1ccc(C(=O)N2CCN(c3ccccc3OC)C(=O)[C@H]2C)cc1. The maximum Gasteiger partial charge on any atom is 0.254 e. The maximum atomic E-state index is 12.9. The highest BCUT2D eigenvalue weighted by Crippen LogP contribution is 2.30. The van der Waals surface area contributed by atoms with E-state index in [1.54, 1.807) is 55.2 Å². The molecule has 2 aromatic rings. The lowest BCUT2D eigenvalue weighted by atomic mass is 10.1. The second-order valence-electron chi connectivity index (χ2n) is 6.06. The van der Waals surface area contributed by atoms with E-state index in [4.69, 9.17) is 9.47 Å². The lowest BCUT2D eigenvalue weighted by molar-refractivity contribution is -0.124. The van der Waals surface area contributed by atoms with Crippen LogP contribution < -0.4 is 14.4 Å². The Morgan fingerprint density at radius 3 is 2.35 bits per heavy atom. The normalized spacial score (nSPS) is 17.2. The number of benzene rings is 2. The van der Waals surface area contributed by atoms with Gasteiger partial charge >= 0.3 is 0 Å². The van der Waals surface area contributed by atoms with Crippen LogP contribution in [0.25, 0.3) is 0 Å². The standard InChI is InChI=1S/C20H22N2O4/c1-14-19(23)22(17-6-4-5-7-18(17)26-3)13-12-21(14)20(24)15-8-10-16(25-2)11-9-15/h4-11,14H,12-13H2,1-3H3/t14-/m1/s1. The highest BCUT2D eigenvalue weighted by atomic mass is 16.5. The van der Waals surface area contributed by atoms with E-state index in [9.17, 15) is 9.59 Å². The lowest BCUT2D eigenvalue weighted by Crippen LogP contribution is -2.57. The molecule has 1 heterocycles. The number of piperazine rings is 1. The molecule has 2 aromatic carbocycles. The first-order valence-electron chi connectivity index (χ1n) is 8.46. The van der Waals surface area contributed by atoms with Gasteiger partial charge in [0.2, 0.25) is 5.91 Å². The molecule has 6 heteroatoms. The summed E-state index contributed by atoms with van der Waals surface area (Å²) < 4.78 is 10.5. The van der Waals surface area contributed by atoms with E-state index in [0.717, 1.165) is 5.69 Å². The molecule has 2 amide bonds. The summed E-state index contributed by atoms with van der Waals surface area (Å²) in [6.07, 6.45) is 0. The van der Waals surface area contributed by atoms with Crippen LogP contribution in [0.3, 0.4) is 0 Å². The van der Waals surface area contributed by atoms with Crippen LogP contribution in [0, 0.1) is 0 Å². The van der Waals surface area contributed by atoms with E-state index >= 15 is 0 Å². The molecule has 1 aliphatic rings. The molecule has 1 fully saturated rings. The Morgan fingerprint density at radius 2 is 1.69 bits per heavy atom. The number of hydrogen-bond donors (Lipinski definition) is 0. The van der Waals surface area contributed by atoms with Gasteiger partial charge in [0.15, 0.2) is 0 Å². The molecule has 0 spiro atoms. The molecule has 6 nitrogen and oxygen atoms in total. The van der Waals surface area contributed by atoms with Gasteiger partial charge in [0, 0.05) is 18.7 Å². The number of amides is 2. The van der Waals surface area contributed by atoms with Crippen molar-refractivity contribution in [3.05, 3.63) is 54.1 Å². The highest BCUT2D eigenvalue weighted by Gasteiger charge is 2.36. The Bertz CT molecular complexity index is 804. The number of anilines is 1. The number of methoxy groups -OCH3 is 2. The summed E-state index contributed by atoms with van der Waals surface area (Å²) in [5.41, 5.74) is 1.26. The molecule has 0 N–H and O–H groups in total. The summed E-state index contributed by atoms with van der Waals surface area (Å²) in [5.74, 6) is 1.05. The number of carbonyl (C=O) groups is 2. The molecule has 1 saturated heterocycles. The summed E-state index contributed by atoms with van der Waals surface area (Å²) in [6, 6.07) is 13.8. The summed E-state index contributed by atoms with van der Waals surface area (Å²) >= 11 is 0. The van der Waals surface area contributed by atoms with E-state index < -0.39 is 6.04 Å². The van der Waals surface area contributed by atoms with E-state index in [0.29, 0.717) is 30.2 Å². The van der Waals surface area contributed by atoms with Crippen molar-refractivity contribution in [2.45, 2.75) is 13.0 Å². The average Bonchev–Trinajstić information content (AvgIpc) is 2.69. The van der Waals surface area contributed by atoms with Crippen molar-refractivity contribution in [3.8, 4) is 11.5 Å². The number of para-hydroxylation sites is 2. The third kappa shape index (κ3) is 3.22. The van der Waals surface area contributed by atoms with Gasteiger partial charge in [-0.1, -0.05) is 12.1 Å². The van der Waals surface area contributed by atoms with Crippen molar-refractivity contribution in [1.29, 1.82) is 0 Å². The van der Waals surface area contributed by atoms with Gasteiger partial charge in [0.05, 0.1) is 19.9 Å². The highest BCUT2D eigenvalue weighted by molar-refractivity contribution is 6.04.